The quantitative estimate of drug-likeness (QED) is 0.167. The lowest BCUT2D eigenvalue weighted by atomic mass is 9.53. The lowest BCUT2D eigenvalue weighted by Gasteiger charge is -2.54. The molecule has 13 heteroatoms. The van der Waals surface area contributed by atoms with Gasteiger partial charge in [0.15, 0.2) is 5.01 Å². The van der Waals surface area contributed by atoms with Crippen molar-refractivity contribution in [2.75, 3.05) is 31.6 Å². The van der Waals surface area contributed by atoms with Crippen molar-refractivity contribution in [2.24, 2.45) is 5.41 Å². The predicted octanol–water partition coefficient (Wildman–Crippen LogP) is 6.55. The fourth-order valence-corrected chi connectivity index (χ4v) is 11.2. The molecule has 6 aliphatic rings. The maximum absolute atomic E-state index is 12.5. The van der Waals surface area contributed by atoms with Crippen LogP contribution in [0.15, 0.2) is 54.9 Å². The smallest absolute Gasteiger partial charge is 0.234 e. The highest BCUT2D eigenvalue weighted by Crippen LogP contribution is 2.59. The molecular weight excluding hydrogens is 723 g/mol. The van der Waals surface area contributed by atoms with Crippen LogP contribution in [-0.2, 0) is 32.7 Å². The number of nitrogens with zero attached hydrogens (tertiary/aromatic N) is 7. The van der Waals surface area contributed by atoms with E-state index in [9.17, 15) is 14.9 Å². The molecule has 1 aromatic carbocycles. The average molecular weight is 768 g/mol. The van der Waals surface area contributed by atoms with E-state index in [1.165, 1.54) is 30.4 Å². The second-order valence-corrected chi connectivity index (χ2v) is 17.7. The standard InChI is InChI=1S/C43H45N9O3S/c44-22-27-19-32-3-5-37(52(32)46-23-27)36-21-35(47-31-8-17-55-18-9-31)34(24-45-36)40-49-50-41(56-40)43-13-10-42(11-14-43,12-15-43)26-51-16-7-28-20-29(1-2-30(28)25-51)33-4-6-38(53)48-39(33)54/h1-3,5,19-21,23-24,31,33H,4,6-18,25-26H2,(H,45,47)(H,48,53,54)/t33-,42?,43?/m1/s1. The summed E-state index contributed by atoms with van der Waals surface area (Å²) in [5.41, 5.74) is 9.18. The van der Waals surface area contributed by atoms with Crippen molar-refractivity contribution < 1.29 is 14.3 Å². The normalized spacial score (nSPS) is 25.5. The van der Waals surface area contributed by atoms with Crippen LogP contribution in [0.3, 0.4) is 0 Å². The molecule has 0 radical (unpaired) electrons. The van der Waals surface area contributed by atoms with Gasteiger partial charge in [-0.05, 0) is 111 Å². The number of ether oxygens (including phenoxy) is 1. The average Bonchev–Trinajstić information content (AvgIpc) is 3.90. The summed E-state index contributed by atoms with van der Waals surface area (Å²) in [5, 5.41) is 32.0. The van der Waals surface area contributed by atoms with E-state index in [-0.39, 0.29) is 29.2 Å². The van der Waals surface area contributed by atoms with Crippen molar-refractivity contribution in [3.8, 4) is 28.0 Å². The van der Waals surface area contributed by atoms with Gasteiger partial charge in [0, 0.05) is 62.6 Å². The van der Waals surface area contributed by atoms with E-state index in [1.807, 2.05) is 28.9 Å². The molecular formula is C43H45N9O3S. The van der Waals surface area contributed by atoms with Gasteiger partial charge in [0.2, 0.25) is 11.8 Å². The summed E-state index contributed by atoms with van der Waals surface area (Å²) in [4.78, 5) is 31.8. The molecule has 2 amide bonds. The van der Waals surface area contributed by atoms with Gasteiger partial charge in [0.25, 0.3) is 0 Å². The number of piperidine rings is 1. The van der Waals surface area contributed by atoms with Crippen LogP contribution in [0.5, 0.6) is 0 Å². The van der Waals surface area contributed by atoms with Gasteiger partial charge in [-0.3, -0.25) is 24.8 Å². The number of aromatic nitrogens is 5. The van der Waals surface area contributed by atoms with Gasteiger partial charge in [0.05, 0.1) is 40.1 Å². The monoisotopic (exact) mass is 767 g/mol. The van der Waals surface area contributed by atoms with E-state index in [2.05, 4.69) is 51.0 Å². The Morgan fingerprint density at radius 2 is 1.79 bits per heavy atom. The van der Waals surface area contributed by atoms with E-state index < -0.39 is 0 Å². The van der Waals surface area contributed by atoms with Gasteiger partial charge >= 0.3 is 0 Å². The Morgan fingerprint density at radius 1 is 0.946 bits per heavy atom. The van der Waals surface area contributed by atoms with Crippen LogP contribution in [0.4, 0.5) is 5.69 Å². The first-order valence-corrected chi connectivity index (χ1v) is 20.9. The van der Waals surface area contributed by atoms with Gasteiger partial charge in [0.1, 0.15) is 11.1 Å². The number of hydrogen-bond acceptors (Lipinski definition) is 11. The number of rotatable bonds is 8. The highest BCUT2D eigenvalue weighted by atomic mass is 32.1. The molecule has 5 aromatic rings. The molecule has 286 valence electrons. The molecule has 0 spiro atoms. The topological polar surface area (TPSA) is 150 Å². The van der Waals surface area contributed by atoms with Crippen LogP contribution in [-0.4, -0.2) is 73.9 Å². The SMILES string of the molecule is N#Cc1cnn2c(-c3cc(NC4CCOCC4)c(-c4nnc(C56CCC(CN7CCc8cc([C@H]9CCC(=O)NC9=O)ccc8C7)(CC5)CC6)s4)cn3)ccc2c1. The molecule has 11 rings (SSSR count). The largest absolute Gasteiger partial charge is 0.381 e. The molecule has 5 fully saturated rings. The molecule has 2 bridgehead atoms. The molecule has 3 aliphatic carbocycles. The number of fused-ring (bicyclic) bond motifs is 5. The number of pyridine rings is 1. The van der Waals surface area contributed by atoms with E-state index in [4.69, 9.17) is 19.9 Å². The van der Waals surface area contributed by atoms with Crippen LogP contribution in [0.25, 0.3) is 27.5 Å². The summed E-state index contributed by atoms with van der Waals surface area (Å²) in [6, 6.07) is 16.9. The molecule has 12 nitrogen and oxygen atoms in total. The van der Waals surface area contributed by atoms with Gasteiger partial charge in [-0.2, -0.15) is 10.4 Å². The number of carbonyl (C=O) groups is 2. The van der Waals surface area contributed by atoms with Crippen LogP contribution in [0.2, 0.25) is 0 Å². The van der Waals surface area contributed by atoms with Crippen molar-refractivity contribution in [1.82, 2.24) is 35.0 Å². The molecule has 3 saturated carbocycles. The first-order valence-electron chi connectivity index (χ1n) is 20.1. The summed E-state index contributed by atoms with van der Waals surface area (Å²) in [6.45, 7) is 4.60. The van der Waals surface area contributed by atoms with Gasteiger partial charge in [-0.15, -0.1) is 10.2 Å². The Bertz CT molecular complexity index is 2370. The number of benzene rings is 1. The zero-order valence-electron chi connectivity index (χ0n) is 31.4. The highest BCUT2D eigenvalue weighted by molar-refractivity contribution is 7.14. The molecule has 2 N–H and O–H groups in total. The van der Waals surface area contributed by atoms with Gasteiger partial charge in [-0.25, -0.2) is 4.52 Å². The van der Waals surface area contributed by atoms with Crippen molar-refractivity contribution in [1.29, 1.82) is 5.26 Å². The molecule has 7 heterocycles. The van der Waals surface area contributed by atoms with E-state index in [0.717, 1.165) is 115 Å². The van der Waals surface area contributed by atoms with Crippen molar-refractivity contribution in [3.05, 3.63) is 82.1 Å². The number of nitriles is 1. The van der Waals surface area contributed by atoms with Crippen LogP contribution in [0.1, 0.15) is 97.4 Å². The molecule has 0 unspecified atom stereocenters. The Kier molecular flexibility index (Phi) is 8.95. The maximum atomic E-state index is 12.5. The fourth-order valence-electron chi connectivity index (χ4n) is 10.0. The van der Waals surface area contributed by atoms with E-state index >= 15 is 0 Å². The molecule has 1 atom stereocenters. The first kappa shape index (κ1) is 35.4. The predicted molar refractivity (Wildman–Crippen MR) is 212 cm³/mol. The summed E-state index contributed by atoms with van der Waals surface area (Å²) in [7, 11) is 0. The van der Waals surface area contributed by atoms with Crippen LogP contribution >= 0.6 is 11.3 Å². The lowest BCUT2D eigenvalue weighted by molar-refractivity contribution is -0.134. The minimum absolute atomic E-state index is 0.0824. The summed E-state index contributed by atoms with van der Waals surface area (Å²) in [6.07, 6.45) is 14.5. The van der Waals surface area contributed by atoms with E-state index in [0.29, 0.717) is 23.8 Å². The number of imide groups is 1. The number of carbonyl (C=O) groups excluding carboxylic acids is 2. The Labute approximate surface area is 329 Å². The summed E-state index contributed by atoms with van der Waals surface area (Å²) < 4.78 is 7.50. The number of hydrogen-bond donors (Lipinski definition) is 2. The minimum atomic E-state index is -0.230. The summed E-state index contributed by atoms with van der Waals surface area (Å²) in [5.74, 6) is -0.558. The van der Waals surface area contributed by atoms with Crippen molar-refractivity contribution in [3.63, 3.8) is 0 Å². The van der Waals surface area contributed by atoms with Gasteiger partial charge < -0.3 is 10.1 Å². The fraction of sp³-hybridized carbons (Fsp3) is 0.465. The molecule has 3 aliphatic heterocycles. The Morgan fingerprint density at radius 3 is 2.59 bits per heavy atom. The number of nitrogens with one attached hydrogen (secondary N) is 2. The first-order chi connectivity index (χ1) is 27.4. The maximum Gasteiger partial charge on any atom is 0.234 e. The third-order valence-electron chi connectivity index (χ3n) is 13.4. The van der Waals surface area contributed by atoms with E-state index in [1.54, 1.807) is 17.5 Å². The molecule has 2 saturated heterocycles. The van der Waals surface area contributed by atoms with Crippen molar-refractivity contribution >= 4 is 34.4 Å². The summed E-state index contributed by atoms with van der Waals surface area (Å²) >= 11 is 1.74. The lowest BCUT2D eigenvalue weighted by Crippen LogP contribution is -2.50. The van der Waals surface area contributed by atoms with Gasteiger partial charge in [-0.1, -0.05) is 29.5 Å². The van der Waals surface area contributed by atoms with Crippen molar-refractivity contribution in [2.45, 2.75) is 94.5 Å². The third-order valence-corrected chi connectivity index (χ3v) is 14.6. The van der Waals surface area contributed by atoms with Crippen LogP contribution in [0, 0.1) is 16.7 Å². The second-order valence-electron chi connectivity index (χ2n) is 16.7. The van der Waals surface area contributed by atoms with Crippen LogP contribution < -0.4 is 10.6 Å². The Hall–Kier alpha value is -5.03. The molecule has 56 heavy (non-hydrogen) atoms. The molecule has 4 aromatic heterocycles. The third kappa shape index (κ3) is 6.47. The zero-order chi connectivity index (χ0) is 37.9. The zero-order valence-corrected chi connectivity index (χ0v) is 32.2. The Balaban J connectivity index is 0.840. The minimum Gasteiger partial charge on any atom is -0.381 e. The second kappa shape index (κ2) is 14.2. The number of amides is 2. The number of anilines is 1. The highest BCUT2D eigenvalue weighted by Gasteiger charge is 2.51.